The first-order valence-corrected chi connectivity index (χ1v) is 6.32. The fraction of sp³-hybridized carbons (Fsp3) is 0.429. The predicted molar refractivity (Wildman–Crippen MR) is 69.0 cm³/mol. The molecule has 1 aliphatic rings. The van der Waals surface area contributed by atoms with Crippen molar-refractivity contribution in [3.05, 3.63) is 35.4 Å². The van der Waals surface area contributed by atoms with Crippen LogP contribution in [0.2, 0.25) is 0 Å². The van der Waals surface area contributed by atoms with Crippen LogP contribution in [0.3, 0.4) is 0 Å². The second kappa shape index (κ2) is 6.33. The molecule has 5 heteroatoms. The molecule has 2 N–H and O–H groups in total. The zero-order valence-corrected chi connectivity index (χ0v) is 10.6. The van der Waals surface area contributed by atoms with E-state index in [1.807, 2.05) is 0 Å². The van der Waals surface area contributed by atoms with Gasteiger partial charge in [-0.15, -0.1) is 0 Å². The molecule has 1 saturated heterocycles. The number of hydrogen-bond acceptors (Lipinski definition) is 3. The summed E-state index contributed by atoms with van der Waals surface area (Å²) >= 11 is 0. The number of rotatable bonds is 5. The molecule has 0 aliphatic carbocycles. The summed E-state index contributed by atoms with van der Waals surface area (Å²) in [7, 11) is 0. The van der Waals surface area contributed by atoms with Crippen molar-refractivity contribution < 1.29 is 19.4 Å². The summed E-state index contributed by atoms with van der Waals surface area (Å²) < 4.78 is 5.23. The van der Waals surface area contributed by atoms with E-state index in [-0.39, 0.29) is 17.9 Å². The SMILES string of the molecule is O=C(Cc1ccccc1C(=O)O)NCC1CCOC1. The molecule has 0 radical (unpaired) electrons. The molecule has 1 heterocycles. The summed E-state index contributed by atoms with van der Waals surface area (Å²) in [5, 5.41) is 11.9. The summed E-state index contributed by atoms with van der Waals surface area (Å²) in [6.45, 7) is 2.03. The molecule has 0 spiro atoms. The Morgan fingerprint density at radius 1 is 1.37 bits per heavy atom. The zero-order chi connectivity index (χ0) is 13.7. The van der Waals surface area contributed by atoms with Gasteiger partial charge in [0.05, 0.1) is 18.6 Å². The molecule has 0 aromatic heterocycles. The Morgan fingerprint density at radius 2 is 2.16 bits per heavy atom. The molecule has 1 fully saturated rings. The summed E-state index contributed by atoms with van der Waals surface area (Å²) in [6.07, 6.45) is 1.06. The van der Waals surface area contributed by atoms with Gasteiger partial charge in [-0.05, 0) is 18.1 Å². The Morgan fingerprint density at radius 3 is 2.84 bits per heavy atom. The second-order valence-corrected chi connectivity index (χ2v) is 4.67. The van der Waals surface area contributed by atoms with Gasteiger partial charge in [0.25, 0.3) is 0 Å². The van der Waals surface area contributed by atoms with Gasteiger partial charge in [-0.1, -0.05) is 18.2 Å². The molecule has 0 saturated carbocycles. The van der Waals surface area contributed by atoms with E-state index in [0.717, 1.165) is 13.0 Å². The van der Waals surface area contributed by atoms with Gasteiger partial charge in [0.1, 0.15) is 0 Å². The number of aromatic carboxylic acids is 1. The largest absolute Gasteiger partial charge is 0.478 e. The summed E-state index contributed by atoms with van der Waals surface area (Å²) in [5.41, 5.74) is 0.719. The monoisotopic (exact) mass is 263 g/mol. The van der Waals surface area contributed by atoms with Crippen molar-refractivity contribution in [2.24, 2.45) is 5.92 Å². The van der Waals surface area contributed by atoms with Crippen molar-refractivity contribution in [1.29, 1.82) is 0 Å². The van der Waals surface area contributed by atoms with E-state index < -0.39 is 5.97 Å². The van der Waals surface area contributed by atoms with Crippen LogP contribution in [0.5, 0.6) is 0 Å². The van der Waals surface area contributed by atoms with Crippen LogP contribution in [0.1, 0.15) is 22.3 Å². The normalized spacial score (nSPS) is 18.2. The minimum absolute atomic E-state index is 0.0933. The first-order chi connectivity index (χ1) is 9.16. The number of benzene rings is 1. The van der Waals surface area contributed by atoms with Crippen molar-refractivity contribution in [3.8, 4) is 0 Å². The number of carbonyl (C=O) groups excluding carboxylic acids is 1. The molecule has 19 heavy (non-hydrogen) atoms. The van der Waals surface area contributed by atoms with Crippen LogP contribution in [-0.2, 0) is 16.0 Å². The highest BCUT2D eigenvalue weighted by Gasteiger charge is 2.17. The summed E-state index contributed by atoms with van der Waals surface area (Å²) in [6, 6.07) is 6.57. The lowest BCUT2D eigenvalue weighted by atomic mass is 10.0. The average molecular weight is 263 g/mol. The van der Waals surface area contributed by atoms with Gasteiger partial charge in [0.2, 0.25) is 5.91 Å². The molecule has 1 amide bonds. The molecular formula is C14H17NO4. The van der Waals surface area contributed by atoms with Crippen molar-refractivity contribution >= 4 is 11.9 Å². The quantitative estimate of drug-likeness (QED) is 0.833. The van der Waals surface area contributed by atoms with Crippen molar-refractivity contribution in [2.45, 2.75) is 12.8 Å². The lowest BCUT2D eigenvalue weighted by molar-refractivity contribution is -0.120. The first kappa shape index (κ1) is 13.5. The van der Waals surface area contributed by atoms with E-state index in [9.17, 15) is 9.59 Å². The molecule has 1 aromatic rings. The molecule has 102 valence electrons. The van der Waals surface area contributed by atoms with Gasteiger partial charge in [-0.2, -0.15) is 0 Å². The Bertz CT molecular complexity index is 466. The molecule has 1 aliphatic heterocycles. The Kier molecular flexibility index (Phi) is 4.52. The topological polar surface area (TPSA) is 75.6 Å². The second-order valence-electron chi connectivity index (χ2n) is 4.67. The maximum Gasteiger partial charge on any atom is 0.335 e. The molecule has 0 bridgehead atoms. The van der Waals surface area contributed by atoms with Gasteiger partial charge in [-0.3, -0.25) is 4.79 Å². The Hall–Kier alpha value is -1.88. The number of ether oxygens (including phenoxy) is 1. The lowest BCUT2D eigenvalue weighted by Gasteiger charge is -2.10. The Balaban J connectivity index is 1.89. The number of carboxylic acid groups (broad SMARTS) is 1. The number of nitrogens with one attached hydrogen (secondary N) is 1. The molecule has 1 unspecified atom stereocenters. The van der Waals surface area contributed by atoms with Crippen LogP contribution < -0.4 is 5.32 Å². The van der Waals surface area contributed by atoms with Crippen LogP contribution in [-0.4, -0.2) is 36.7 Å². The van der Waals surface area contributed by atoms with E-state index in [1.54, 1.807) is 18.2 Å². The molecule has 2 rings (SSSR count). The fourth-order valence-electron chi connectivity index (χ4n) is 2.12. The molecule has 1 aromatic carbocycles. The first-order valence-electron chi connectivity index (χ1n) is 6.32. The minimum atomic E-state index is -1.01. The van der Waals surface area contributed by atoms with Gasteiger partial charge in [0.15, 0.2) is 0 Å². The maximum absolute atomic E-state index is 11.8. The Labute approximate surface area is 111 Å². The van der Waals surface area contributed by atoms with Crippen LogP contribution in [0.4, 0.5) is 0 Å². The van der Waals surface area contributed by atoms with Crippen LogP contribution >= 0.6 is 0 Å². The maximum atomic E-state index is 11.8. The highest BCUT2D eigenvalue weighted by molar-refractivity contribution is 5.91. The van der Waals surface area contributed by atoms with E-state index in [4.69, 9.17) is 9.84 Å². The van der Waals surface area contributed by atoms with Crippen LogP contribution in [0.15, 0.2) is 24.3 Å². The number of carbonyl (C=O) groups is 2. The zero-order valence-electron chi connectivity index (χ0n) is 10.6. The fourth-order valence-corrected chi connectivity index (χ4v) is 2.12. The van der Waals surface area contributed by atoms with Crippen LogP contribution in [0, 0.1) is 5.92 Å². The number of amides is 1. The summed E-state index contributed by atoms with van der Waals surface area (Å²) in [5.74, 6) is -0.785. The highest BCUT2D eigenvalue weighted by atomic mass is 16.5. The minimum Gasteiger partial charge on any atom is -0.478 e. The molecule has 5 nitrogen and oxygen atoms in total. The highest BCUT2D eigenvalue weighted by Crippen LogP contribution is 2.12. The summed E-state index contributed by atoms with van der Waals surface area (Å²) in [4.78, 5) is 22.8. The predicted octanol–water partition coefficient (Wildman–Crippen LogP) is 1.08. The smallest absolute Gasteiger partial charge is 0.335 e. The lowest BCUT2D eigenvalue weighted by Crippen LogP contribution is -2.31. The third kappa shape index (κ3) is 3.79. The van der Waals surface area contributed by atoms with Crippen molar-refractivity contribution in [3.63, 3.8) is 0 Å². The van der Waals surface area contributed by atoms with Crippen LogP contribution in [0.25, 0.3) is 0 Å². The third-order valence-electron chi connectivity index (χ3n) is 3.21. The van der Waals surface area contributed by atoms with E-state index in [0.29, 0.717) is 24.6 Å². The van der Waals surface area contributed by atoms with E-state index in [2.05, 4.69) is 5.32 Å². The van der Waals surface area contributed by atoms with Gasteiger partial charge < -0.3 is 15.2 Å². The molecule has 1 atom stereocenters. The van der Waals surface area contributed by atoms with Crippen molar-refractivity contribution in [1.82, 2.24) is 5.32 Å². The van der Waals surface area contributed by atoms with Gasteiger partial charge in [0, 0.05) is 19.1 Å². The van der Waals surface area contributed by atoms with E-state index >= 15 is 0 Å². The average Bonchev–Trinajstić information content (AvgIpc) is 2.90. The number of hydrogen-bond donors (Lipinski definition) is 2. The number of carboxylic acids is 1. The van der Waals surface area contributed by atoms with Crippen molar-refractivity contribution in [2.75, 3.05) is 19.8 Å². The molecular weight excluding hydrogens is 246 g/mol. The van der Waals surface area contributed by atoms with E-state index in [1.165, 1.54) is 6.07 Å². The standard InChI is InChI=1S/C14H17NO4/c16-13(15-8-10-5-6-19-9-10)7-11-3-1-2-4-12(11)14(17)18/h1-4,10H,5-9H2,(H,15,16)(H,17,18). The van der Waals surface area contributed by atoms with Gasteiger partial charge >= 0.3 is 5.97 Å². The third-order valence-corrected chi connectivity index (χ3v) is 3.21. The van der Waals surface area contributed by atoms with Gasteiger partial charge in [-0.25, -0.2) is 4.79 Å².